The predicted molar refractivity (Wildman–Crippen MR) is 63.7 cm³/mol. The number of nitrogens with zero attached hydrogens (tertiary/aromatic N) is 2. The van der Waals surface area contributed by atoms with Crippen molar-refractivity contribution >= 4 is 17.6 Å². The van der Waals surface area contributed by atoms with Crippen LogP contribution in [0.1, 0.15) is 10.4 Å². The zero-order valence-corrected chi connectivity index (χ0v) is 10.4. The van der Waals surface area contributed by atoms with Crippen molar-refractivity contribution in [3.05, 3.63) is 46.9 Å². The maximum Gasteiger partial charge on any atom is 0.340 e. The second-order valence-electron chi connectivity index (χ2n) is 3.52. The van der Waals surface area contributed by atoms with Gasteiger partial charge in [0.1, 0.15) is 11.5 Å². The van der Waals surface area contributed by atoms with Crippen LogP contribution in [0.15, 0.2) is 24.4 Å². The van der Waals surface area contributed by atoms with Crippen LogP contribution in [0.4, 0.5) is 8.78 Å². The van der Waals surface area contributed by atoms with E-state index in [4.69, 9.17) is 11.6 Å². The highest BCUT2D eigenvalue weighted by atomic mass is 35.5. The minimum absolute atomic E-state index is 0.143. The van der Waals surface area contributed by atoms with Gasteiger partial charge in [0, 0.05) is 5.56 Å². The fourth-order valence-electron chi connectivity index (χ4n) is 1.49. The molecule has 7 heteroatoms. The molecule has 0 fully saturated rings. The first-order valence-corrected chi connectivity index (χ1v) is 5.47. The van der Waals surface area contributed by atoms with Gasteiger partial charge in [-0.3, -0.25) is 0 Å². The summed E-state index contributed by atoms with van der Waals surface area (Å²) >= 11 is 5.55. The van der Waals surface area contributed by atoms with Gasteiger partial charge in [-0.1, -0.05) is 6.07 Å². The lowest BCUT2D eigenvalue weighted by Gasteiger charge is -2.05. The summed E-state index contributed by atoms with van der Waals surface area (Å²) in [7, 11) is 1.14. The standard InChI is InChI=1S/C12H7ClF2N2O2/c1-19-11(18)7-3-2-6(4-8(7)14)10-9(15)5-16-12(13)17-10/h2-5H,1H3. The second kappa shape index (κ2) is 5.27. The van der Waals surface area contributed by atoms with E-state index in [2.05, 4.69) is 14.7 Å². The van der Waals surface area contributed by atoms with Crippen LogP contribution in [0.25, 0.3) is 11.3 Å². The number of benzene rings is 1. The third-order valence-electron chi connectivity index (χ3n) is 2.36. The fourth-order valence-corrected chi connectivity index (χ4v) is 1.62. The normalized spacial score (nSPS) is 10.3. The van der Waals surface area contributed by atoms with E-state index in [0.717, 1.165) is 19.4 Å². The summed E-state index contributed by atoms with van der Waals surface area (Å²) in [4.78, 5) is 18.4. The van der Waals surface area contributed by atoms with E-state index in [-0.39, 0.29) is 22.1 Å². The summed E-state index contributed by atoms with van der Waals surface area (Å²) < 4.78 is 31.6. The molecule has 0 aliphatic carbocycles. The molecule has 98 valence electrons. The van der Waals surface area contributed by atoms with Crippen molar-refractivity contribution in [3.63, 3.8) is 0 Å². The molecule has 1 aromatic heterocycles. The van der Waals surface area contributed by atoms with Gasteiger partial charge in [-0.05, 0) is 23.7 Å². The third-order valence-corrected chi connectivity index (χ3v) is 2.54. The number of hydrogen-bond donors (Lipinski definition) is 0. The topological polar surface area (TPSA) is 52.1 Å². The Labute approximate surface area is 112 Å². The average Bonchev–Trinajstić information content (AvgIpc) is 2.40. The van der Waals surface area contributed by atoms with Crippen LogP contribution in [0.2, 0.25) is 5.28 Å². The van der Waals surface area contributed by atoms with Crippen molar-refractivity contribution in [2.24, 2.45) is 0 Å². The Morgan fingerprint density at radius 3 is 2.68 bits per heavy atom. The lowest BCUT2D eigenvalue weighted by Crippen LogP contribution is -2.04. The maximum atomic E-state index is 13.7. The van der Waals surface area contributed by atoms with E-state index in [1.165, 1.54) is 12.1 Å². The molecule has 2 aromatic rings. The quantitative estimate of drug-likeness (QED) is 0.628. The summed E-state index contributed by atoms with van der Waals surface area (Å²) in [5, 5.41) is -0.158. The van der Waals surface area contributed by atoms with Gasteiger partial charge in [0.05, 0.1) is 18.9 Å². The Morgan fingerprint density at radius 2 is 2.05 bits per heavy atom. The Balaban J connectivity index is 2.50. The number of hydrogen-bond acceptors (Lipinski definition) is 4. The summed E-state index contributed by atoms with van der Waals surface area (Å²) in [5.74, 6) is -2.39. The SMILES string of the molecule is COC(=O)c1ccc(-c2nc(Cl)ncc2F)cc1F. The van der Waals surface area contributed by atoms with Gasteiger partial charge in [0.15, 0.2) is 5.82 Å². The first-order chi connectivity index (χ1) is 9.02. The summed E-state index contributed by atoms with van der Waals surface area (Å²) in [5.41, 5.74) is -0.242. The Morgan fingerprint density at radius 1 is 1.32 bits per heavy atom. The maximum absolute atomic E-state index is 13.7. The zero-order valence-electron chi connectivity index (χ0n) is 9.65. The van der Waals surface area contributed by atoms with Crippen molar-refractivity contribution in [1.29, 1.82) is 0 Å². The summed E-state index contributed by atoms with van der Waals surface area (Å²) in [6.07, 6.45) is 0.886. The number of rotatable bonds is 2. The number of halogens is 3. The van der Waals surface area contributed by atoms with Gasteiger partial charge in [-0.2, -0.15) is 0 Å². The highest BCUT2D eigenvalue weighted by molar-refractivity contribution is 6.28. The fraction of sp³-hybridized carbons (Fsp3) is 0.0833. The number of esters is 1. The number of carbonyl (C=O) groups excluding carboxylic acids is 1. The molecule has 0 unspecified atom stereocenters. The van der Waals surface area contributed by atoms with E-state index in [1.807, 2.05) is 0 Å². The molecule has 1 heterocycles. The minimum Gasteiger partial charge on any atom is -0.465 e. The van der Waals surface area contributed by atoms with Gasteiger partial charge in [0.25, 0.3) is 0 Å². The van der Waals surface area contributed by atoms with E-state index >= 15 is 0 Å². The molecular weight excluding hydrogens is 278 g/mol. The summed E-state index contributed by atoms with van der Waals surface area (Å²) in [6, 6.07) is 3.51. The molecule has 0 N–H and O–H groups in total. The van der Waals surface area contributed by atoms with Crippen molar-refractivity contribution in [3.8, 4) is 11.3 Å². The largest absolute Gasteiger partial charge is 0.465 e. The van der Waals surface area contributed by atoms with E-state index in [1.54, 1.807) is 0 Å². The van der Waals surface area contributed by atoms with Crippen molar-refractivity contribution in [2.75, 3.05) is 7.11 Å². The highest BCUT2D eigenvalue weighted by Crippen LogP contribution is 2.23. The van der Waals surface area contributed by atoms with Crippen LogP contribution in [0, 0.1) is 11.6 Å². The molecule has 0 aliphatic rings. The number of ether oxygens (including phenoxy) is 1. The van der Waals surface area contributed by atoms with E-state index in [0.29, 0.717) is 0 Å². The molecule has 19 heavy (non-hydrogen) atoms. The molecule has 0 bridgehead atoms. The Kier molecular flexibility index (Phi) is 3.71. The molecule has 0 saturated carbocycles. The molecule has 0 aliphatic heterocycles. The number of carbonyl (C=O) groups is 1. The first kappa shape index (κ1) is 13.4. The molecule has 2 rings (SSSR count). The predicted octanol–water partition coefficient (Wildman–Crippen LogP) is 2.86. The zero-order chi connectivity index (χ0) is 14.0. The van der Waals surface area contributed by atoms with Crippen LogP contribution < -0.4 is 0 Å². The highest BCUT2D eigenvalue weighted by Gasteiger charge is 2.15. The molecule has 0 atom stereocenters. The lowest BCUT2D eigenvalue weighted by molar-refractivity contribution is 0.0595. The van der Waals surface area contributed by atoms with Crippen LogP contribution in [0.3, 0.4) is 0 Å². The van der Waals surface area contributed by atoms with Gasteiger partial charge < -0.3 is 4.74 Å². The van der Waals surface area contributed by atoms with Gasteiger partial charge >= 0.3 is 5.97 Å². The molecule has 0 radical (unpaired) electrons. The monoisotopic (exact) mass is 284 g/mol. The molecular formula is C12H7ClF2N2O2. The minimum atomic E-state index is -0.835. The number of methoxy groups -OCH3 is 1. The molecule has 0 saturated heterocycles. The average molecular weight is 285 g/mol. The van der Waals surface area contributed by atoms with Crippen LogP contribution in [-0.4, -0.2) is 23.0 Å². The Bertz CT molecular complexity index is 650. The summed E-state index contributed by atoms with van der Waals surface area (Å²) in [6.45, 7) is 0. The van der Waals surface area contributed by atoms with E-state index in [9.17, 15) is 13.6 Å². The Hall–Kier alpha value is -2.08. The van der Waals surface area contributed by atoms with Crippen LogP contribution in [-0.2, 0) is 4.74 Å². The second-order valence-corrected chi connectivity index (χ2v) is 3.86. The first-order valence-electron chi connectivity index (χ1n) is 5.09. The number of aromatic nitrogens is 2. The smallest absolute Gasteiger partial charge is 0.340 e. The molecule has 0 amide bonds. The van der Waals surface area contributed by atoms with Crippen molar-refractivity contribution in [2.45, 2.75) is 0 Å². The molecule has 1 aromatic carbocycles. The third kappa shape index (κ3) is 2.68. The van der Waals surface area contributed by atoms with Gasteiger partial charge in [0.2, 0.25) is 5.28 Å². The lowest BCUT2D eigenvalue weighted by atomic mass is 10.1. The molecule has 0 spiro atoms. The van der Waals surface area contributed by atoms with Crippen LogP contribution >= 0.6 is 11.6 Å². The van der Waals surface area contributed by atoms with Crippen molar-refractivity contribution < 1.29 is 18.3 Å². The van der Waals surface area contributed by atoms with Gasteiger partial charge in [-0.15, -0.1) is 0 Å². The van der Waals surface area contributed by atoms with E-state index < -0.39 is 17.6 Å². The molecule has 4 nitrogen and oxygen atoms in total. The van der Waals surface area contributed by atoms with Gasteiger partial charge in [-0.25, -0.2) is 23.5 Å². The van der Waals surface area contributed by atoms with Crippen molar-refractivity contribution in [1.82, 2.24) is 9.97 Å². The van der Waals surface area contributed by atoms with Crippen LogP contribution in [0.5, 0.6) is 0 Å².